The van der Waals surface area contributed by atoms with Crippen molar-refractivity contribution in [2.45, 2.75) is 58.0 Å². The molecule has 106 valence electrons. The van der Waals surface area contributed by atoms with Gasteiger partial charge in [-0.25, -0.2) is 4.79 Å². The van der Waals surface area contributed by atoms with Crippen molar-refractivity contribution in [1.29, 1.82) is 0 Å². The lowest BCUT2D eigenvalue weighted by molar-refractivity contribution is 0.187. The fourth-order valence-electron chi connectivity index (χ4n) is 2.64. The van der Waals surface area contributed by atoms with Crippen LogP contribution in [0.4, 0.5) is 4.79 Å². The smallest absolute Gasteiger partial charge is 0.317 e. The van der Waals surface area contributed by atoms with Crippen LogP contribution in [0.15, 0.2) is 16.8 Å². The molecule has 1 N–H and O–H groups in total. The second-order valence-corrected chi connectivity index (χ2v) is 6.12. The van der Waals surface area contributed by atoms with Crippen LogP contribution >= 0.6 is 11.3 Å². The molecule has 1 aromatic rings. The lowest BCUT2D eigenvalue weighted by Gasteiger charge is -2.28. The van der Waals surface area contributed by atoms with Crippen LogP contribution in [0.5, 0.6) is 0 Å². The summed E-state index contributed by atoms with van der Waals surface area (Å²) in [6.45, 7) is 3.68. The van der Waals surface area contributed by atoms with E-state index in [1.807, 2.05) is 4.90 Å². The van der Waals surface area contributed by atoms with Gasteiger partial charge < -0.3 is 10.2 Å². The van der Waals surface area contributed by atoms with E-state index < -0.39 is 0 Å². The Balaban J connectivity index is 1.87. The molecule has 1 aromatic heterocycles. The van der Waals surface area contributed by atoms with Gasteiger partial charge in [0.05, 0.1) is 0 Å². The van der Waals surface area contributed by atoms with Gasteiger partial charge in [-0.2, -0.15) is 11.3 Å². The number of carbonyl (C=O) groups is 1. The molecular formula is C15H24N2OS. The van der Waals surface area contributed by atoms with Gasteiger partial charge in [-0.15, -0.1) is 0 Å². The van der Waals surface area contributed by atoms with Gasteiger partial charge in [0.1, 0.15) is 0 Å². The average molecular weight is 280 g/mol. The highest BCUT2D eigenvalue weighted by Gasteiger charge is 2.19. The zero-order valence-corrected chi connectivity index (χ0v) is 12.5. The Hall–Kier alpha value is -1.03. The maximum absolute atomic E-state index is 12.3. The van der Waals surface area contributed by atoms with Crippen molar-refractivity contribution in [3.05, 3.63) is 22.4 Å². The minimum atomic E-state index is 0.111. The predicted octanol–water partition coefficient (Wildman–Crippen LogP) is 4.00. The van der Waals surface area contributed by atoms with Gasteiger partial charge in [-0.05, 0) is 41.7 Å². The molecule has 0 spiro atoms. The summed E-state index contributed by atoms with van der Waals surface area (Å²) in [6, 6.07) is 2.60. The lowest BCUT2D eigenvalue weighted by atomic mass is 9.96. The first-order valence-electron chi connectivity index (χ1n) is 7.36. The van der Waals surface area contributed by atoms with Crippen LogP contribution in [0.3, 0.4) is 0 Å². The lowest BCUT2D eigenvalue weighted by Crippen LogP contribution is -2.45. The molecule has 0 aliphatic heterocycles. The number of amides is 2. The van der Waals surface area contributed by atoms with Gasteiger partial charge in [0.2, 0.25) is 0 Å². The molecule has 1 heterocycles. The molecular weight excluding hydrogens is 256 g/mol. The number of rotatable bonds is 5. The molecule has 1 saturated carbocycles. The van der Waals surface area contributed by atoms with Crippen molar-refractivity contribution in [1.82, 2.24) is 10.2 Å². The molecule has 2 amide bonds. The Bertz CT molecular complexity index is 372. The minimum Gasteiger partial charge on any atom is -0.335 e. The molecule has 0 radical (unpaired) electrons. The average Bonchev–Trinajstić information content (AvgIpc) is 2.92. The van der Waals surface area contributed by atoms with Crippen molar-refractivity contribution in [2.24, 2.45) is 0 Å². The van der Waals surface area contributed by atoms with Crippen LogP contribution in [0, 0.1) is 0 Å². The topological polar surface area (TPSA) is 32.3 Å². The number of thiophene rings is 1. The maximum atomic E-state index is 12.3. The van der Waals surface area contributed by atoms with Gasteiger partial charge in [0.25, 0.3) is 0 Å². The Labute approximate surface area is 120 Å². The molecule has 0 saturated heterocycles. The predicted molar refractivity (Wildman–Crippen MR) is 80.4 cm³/mol. The van der Waals surface area contributed by atoms with E-state index >= 15 is 0 Å². The Morgan fingerprint density at radius 1 is 1.42 bits per heavy atom. The summed E-state index contributed by atoms with van der Waals surface area (Å²) < 4.78 is 0. The highest BCUT2D eigenvalue weighted by Crippen LogP contribution is 2.18. The summed E-state index contributed by atoms with van der Waals surface area (Å²) in [5.41, 5.74) is 1.23. The quantitative estimate of drug-likeness (QED) is 0.868. The highest BCUT2D eigenvalue weighted by molar-refractivity contribution is 7.07. The van der Waals surface area contributed by atoms with Crippen molar-refractivity contribution < 1.29 is 4.79 Å². The van der Waals surface area contributed by atoms with Gasteiger partial charge in [-0.3, -0.25) is 0 Å². The second-order valence-electron chi connectivity index (χ2n) is 5.34. The van der Waals surface area contributed by atoms with Crippen LogP contribution in [-0.4, -0.2) is 23.5 Å². The maximum Gasteiger partial charge on any atom is 0.317 e. The zero-order valence-electron chi connectivity index (χ0n) is 11.7. The van der Waals surface area contributed by atoms with Crippen LogP contribution in [0.25, 0.3) is 0 Å². The molecule has 0 atom stereocenters. The van der Waals surface area contributed by atoms with E-state index in [0.717, 1.165) is 32.4 Å². The highest BCUT2D eigenvalue weighted by atomic mass is 32.1. The molecule has 1 aliphatic carbocycles. The van der Waals surface area contributed by atoms with Crippen LogP contribution in [0.1, 0.15) is 51.0 Å². The number of carbonyl (C=O) groups excluding carboxylic acids is 1. The molecule has 0 aromatic carbocycles. The van der Waals surface area contributed by atoms with Gasteiger partial charge in [-0.1, -0.05) is 26.2 Å². The zero-order chi connectivity index (χ0) is 13.5. The van der Waals surface area contributed by atoms with Gasteiger partial charge in [0, 0.05) is 19.1 Å². The van der Waals surface area contributed by atoms with Crippen LogP contribution < -0.4 is 5.32 Å². The molecule has 2 rings (SSSR count). The summed E-state index contributed by atoms with van der Waals surface area (Å²) >= 11 is 1.69. The van der Waals surface area contributed by atoms with E-state index in [0.29, 0.717) is 6.04 Å². The van der Waals surface area contributed by atoms with E-state index in [9.17, 15) is 4.79 Å². The standard InChI is InChI=1S/C15H24N2OS/c1-2-9-17(11-13-8-10-19-12-13)15(18)16-14-6-4-3-5-7-14/h8,10,12,14H,2-7,9,11H2,1H3,(H,16,18). The van der Waals surface area contributed by atoms with Crippen molar-refractivity contribution in [3.63, 3.8) is 0 Å². The first kappa shape index (κ1) is 14.4. The van der Waals surface area contributed by atoms with E-state index in [2.05, 4.69) is 29.1 Å². The third-order valence-electron chi connectivity index (χ3n) is 3.67. The SMILES string of the molecule is CCCN(Cc1ccsc1)C(=O)NC1CCCCC1. The summed E-state index contributed by atoms with van der Waals surface area (Å²) in [5, 5.41) is 7.40. The molecule has 0 unspecified atom stereocenters. The number of hydrogen-bond acceptors (Lipinski definition) is 2. The molecule has 1 fully saturated rings. The number of nitrogens with zero attached hydrogens (tertiary/aromatic N) is 1. The first-order valence-corrected chi connectivity index (χ1v) is 8.30. The summed E-state index contributed by atoms with van der Waals surface area (Å²) in [5.74, 6) is 0. The monoisotopic (exact) mass is 280 g/mol. The van der Waals surface area contributed by atoms with E-state index in [-0.39, 0.29) is 6.03 Å². The Morgan fingerprint density at radius 2 is 2.21 bits per heavy atom. The van der Waals surface area contributed by atoms with Crippen LogP contribution in [0.2, 0.25) is 0 Å². The van der Waals surface area contributed by atoms with Crippen molar-refractivity contribution in [3.8, 4) is 0 Å². The largest absolute Gasteiger partial charge is 0.335 e. The fraction of sp³-hybridized carbons (Fsp3) is 0.667. The van der Waals surface area contributed by atoms with E-state index in [4.69, 9.17) is 0 Å². The minimum absolute atomic E-state index is 0.111. The fourth-order valence-corrected chi connectivity index (χ4v) is 3.30. The summed E-state index contributed by atoms with van der Waals surface area (Å²) in [7, 11) is 0. The number of hydrogen-bond donors (Lipinski definition) is 1. The Morgan fingerprint density at radius 3 is 2.84 bits per heavy atom. The van der Waals surface area contributed by atoms with Crippen molar-refractivity contribution in [2.75, 3.05) is 6.54 Å². The molecule has 1 aliphatic rings. The third-order valence-corrected chi connectivity index (χ3v) is 4.40. The molecule has 0 bridgehead atoms. The summed E-state index contributed by atoms with van der Waals surface area (Å²) in [4.78, 5) is 14.3. The number of nitrogens with one attached hydrogen (secondary N) is 1. The summed E-state index contributed by atoms with van der Waals surface area (Å²) in [6.07, 6.45) is 7.11. The normalized spacial score (nSPS) is 16.3. The van der Waals surface area contributed by atoms with Crippen LogP contribution in [-0.2, 0) is 6.54 Å². The molecule has 3 nitrogen and oxygen atoms in total. The molecule has 4 heteroatoms. The van der Waals surface area contributed by atoms with E-state index in [1.54, 1.807) is 11.3 Å². The van der Waals surface area contributed by atoms with E-state index in [1.165, 1.54) is 24.8 Å². The third kappa shape index (κ3) is 4.53. The van der Waals surface area contributed by atoms with Crippen molar-refractivity contribution >= 4 is 17.4 Å². The first-order chi connectivity index (χ1) is 9.29. The molecule has 19 heavy (non-hydrogen) atoms. The second kappa shape index (κ2) is 7.53. The van der Waals surface area contributed by atoms with Gasteiger partial charge in [0.15, 0.2) is 0 Å². The Kier molecular flexibility index (Phi) is 5.70. The number of urea groups is 1. The van der Waals surface area contributed by atoms with Gasteiger partial charge >= 0.3 is 6.03 Å².